The number of carbonyl (C=O) groups is 2. The number of hydrogen-bond donors (Lipinski definition) is 2. The van der Waals surface area contributed by atoms with E-state index in [1.165, 1.54) is 12.0 Å². The maximum absolute atomic E-state index is 12.7. The van der Waals surface area contributed by atoms with E-state index in [0.717, 1.165) is 28.5 Å². The first-order chi connectivity index (χ1) is 13.2. The highest BCUT2D eigenvalue weighted by atomic mass is 16.5. The van der Waals surface area contributed by atoms with Crippen molar-refractivity contribution in [3.63, 3.8) is 0 Å². The van der Waals surface area contributed by atoms with Crippen LogP contribution in [-0.4, -0.2) is 41.6 Å². The fraction of sp³-hybridized carbons (Fsp3) is 0.238. The van der Waals surface area contributed by atoms with Crippen LogP contribution in [0.2, 0.25) is 0 Å². The van der Waals surface area contributed by atoms with Gasteiger partial charge in [0, 0.05) is 23.9 Å². The Balaban J connectivity index is 1.54. The number of carbonyl (C=O) groups excluding carboxylic acids is 2. The normalized spacial score (nSPS) is 16.5. The maximum Gasteiger partial charge on any atom is 0.410 e. The average molecular weight is 363 g/mol. The van der Waals surface area contributed by atoms with Gasteiger partial charge in [0.1, 0.15) is 6.04 Å². The summed E-state index contributed by atoms with van der Waals surface area (Å²) in [5, 5.41) is 4.08. The molecule has 2 N–H and O–H groups in total. The molecule has 1 fully saturated rings. The molecule has 1 aliphatic heterocycles. The lowest BCUT2D eigenvalue weighted by Crippen LogP contribution is -2.43. The second kappa shape index (κ2) is 7.15. The van der Waals surface area contributed by atoms with Gasteiger partial charge in [-0.25, -0.2) is 4.79 Å². The SMILES string of the molecule is COC(=O)N1CCC[C@H]1C(=O)Nc1cccc(-c2ccc3[nH]ccc3c2)c1. The minimum absolute atomic E-state index is 0.184. The second-order valence-electron chi connectivity index (χ2n) is 6.67. The van der Waals surface area contributed by atoms with E-state index in [2.05, 4.69) is 22.4 Å². The molecule has 6 nitrogen and oxygen atoms in total. The smallest absolute Gasteiger partial charge is 0.410 e. The van der Waals surface area contributed by atoms with Gasteiger partial charge >= 0.3 is 6.09 Å². The van der Waals surface area contributed by atoms with Crippen molar-refractivity contribution in [1.82, 2.24) is 9.88 Å². The number of fused-ring (bicyclic) bond motifs is 1. The number of aromatic nitrogens is 1. The topological polar surface area (TPSA) is 74.4 Å². The van der Waals surface area contributed by atoms with E-state index in [1.807, 2.05) is 42.6 Å². The third-order valence-electron chi connectivity index (χ3n) is 4.98. The molecule has 0 unspecified atom stereocenters. The molecule has 0 spiro atoms. The molecular weight excluding hydrogens is 342 g/mol. The van der Waals surface area contributed by atoms with Crippen molar-refractivity contribution in [3.05, 3.63) is 54.7 Å². The van der Waals surface area contributed by atoms with E-state index < -0.39 is 12.1 Å². The van der Waals surface area contributed by atoms with E-state index >= 15 is 0 Å². The third-order valence-corrected chi connectivity index (χ3v) is 4.98. The Morgan fingerprint density at radius 2 is 2.00 bits per heavy atom. The summed E-state index contributed by atoms with van der Waals surface area (Å²) in [5.74, 6) is -0.184. The third kappa shape index (κ3) is 3.38. The van der Waals surface area contributed by atoms with Crippen LogP contribution < -0.4 is 5.32 Å². The quantitative estimate of drug-likeness (QED) is 0.738. The zero-order valence-electron chi connectivity index (χ0n) is 15.1. The summed E-state index contributed by atoms with van der Waals surface area (Å²) in [6.07, 6.45) is 2.90. The average Bonchev–Trinajstić information content (AvgIpc) is 3.36. The van der Waals surface area contributed by atoms with E-state index in [1.54, 1.807) is 0 Å². The summed E-state index contributed by atoms with van der Waals surface area (Å²) in [6, 6.07) is 15.5. The molecule has 1 aliphatic rings. The second-order valence-corrected chi connectivity index (χ2v) is 6.67. The fourth-order valence-corrected chi connectivity index (χ4v) is 3.61. The Hall–Kier alpha value is -3.28. The molecule has 27 heavy (non-hydrogen) atoms. The highest BCUT2D eigenvalue weighted by molar-refractivity contribution is 5.97. The van der Waals surface area contributed by atoms with Crippen molar-refractivity contribution < 1.29 is 14.3 Å². The molecule has 138 valence electrons. The molecule has 1 aromatic heterocycles. The lowest BCUT2D eigenvalue weighted by molar-refractivity contribution is -0.119. The number of anilines is 1. The van der Waals surface area contributed by atoms with Gasteiger partial charge in [0.05, 0.1) is 7.11 Å². The maximum atomic E-state index is 12.7. The number of rotatable bonds is 3. The molecule has 1 saturated heterocycles. The Bertz CT molecular complexity index is 995. The molecule has 2 aromatic carbocycles. The summed E-state index contributed by atoms with van der Waals surface area (Å²) in [6.45, 7) is 0.543. The first-order valence-electron chi connectivity index (χ1n) is 8.99. The zero-order valence-corrected chi connectivity index (χ0v) is 15.1. The van der Waals surface area contributed by atoms with E-state index in [0.29, 0.717) is 18.7 Å². The number of benzene rings is 2. The van der Waals surface area contributed by atoms with Crippen LogP contribution in [0.1, 0.15) is 12.8 Å². The van der Waals surface area contributed by atoms with Crippen molar-refractivity contribution in [2.45, 2.75) is 18.9 Å². The summed E-state index contributed by atoms with van der Waals surface area (Å²) < 4.78 is 4.77. The molecule has 0 radical (unpaired) electrons. The van der Waals surface area contributed by atoms with Crippen molar-refractivity contribution in [2.75, 3.05) is 19.0 Å². The minimum Gasteiger partial charge on any atom is -0.453 e. The van der Waals surface area contributed by atoms with E-state index in [-0.39, 0.29) is 5.91 Å². The summed E-state index contributed by atoms with van der Waals surface area (Å²) in [4.78, 5) is 29.2. The van der Waals surface area contributed by atoms with Gasteiger partial charge in [0.2, 0.25) is 5.91 Å². The summed E-state index contributed by atoms with van der Waals surface area (Å²) in [7, 11) is 1.33. The van der Waals surface area contributed by atoms with Crippen molar-refractivity contribution >= 4 is 28.6 Å². The number of ether oxygens (including phenoxy) is 1. The van der Waals surface area contributed by atoms with Gasteiger partial charge in [-0.1, -0.05) is 18.2 Å². The highest BCUT2D eigenvalue weighted by Gasteiger charge is 2.34. The van der Waals surface area contributed by atoms with Gasteiger partial charge < -0.3 is 15.0 Å². The van der Waals surface area contributed by atoms with Gasteiger partial charge in [-0.05, 0) is 59.7 Å². The standard InChI is InChI=1S/C21H21N3O3/c1-27-21(26)24-11-3-6-19(24)20(25)23-17-5-2-4-14(13-17)15-7-8-18-16(12-15)9-10-22-18/h2,4-5,7-10,12-13,19,22H,3,6,11H2,1H3,(H,23,25)/t19-/m0/s1. The summed E-state index contributed by atoms with van der Waals surface area (Å²) in [5.41, 5.74) is 3.90. The predicted octanol–water partition coefficient (Wildman–Crippen LogP) is 4.00. The summed E-state index contributed by atoms with van der Waals surface area (Å²) >= 11 is 0. The fourth-order valence-electron chi connectivity index (χ4n) is 3.61. The molecule has 4 rings (SSSR count). The van der Waals surface area contributed by atoms with Crippen LogP contribution in [0.5, 0.6) is 0 Å². The Morgan fingerprint density at radius 3 is 2.85 bits per heavy atom. The molecule has 2 heterocycles. The lowest BCUT2D eigenvalue weighted by Gasteiger charge is -2.22. The van der Waals surface area contributed by atoms with Crippen LogP contribution >= 0.6 is 0 Å². The van der Waals surface area contributed by atoms with Crippen LogP contribution in [0.25, 0.3) is 22.0 Å². The lowest BCUT2D eigenvalue weighted by atomic mass is 10.0. The Labute approximate surface area is 157 Å². The van der Waals surface area contributed by atoms with E-state index in [4.69, 9.17) is 4.74 Å². The van der Waals surface area contributed by atoms with Gasteiger partial charge in [0.25, 0.3) is 0 Å². The largest absolute Gasteiger partial charge is 0.453 e. The van der Waals surface area contributed by atoms with Gasteiger partial charge in [-0.15, -0.1) is 0 Å². The molecule has 0 saturated carbocycles. The molecule has 0 bridgehead atoms. The Kier molecular flexibility index (Phi) is 4.54. The van der Waals surface area contributed by atoms with Gasteiger partial charge in [0.15, 0.2) is 0 Å². The number of H-pyrrole nitrogens is 1. The molecule has 6 heteroatoms. The monoisotopic (exact) mass is 363 g/mol. The van der Waals surface area contributed by atoms with Crippen LogP contribution in [0.4, 0.5) is 10.5 Å². The Morgan fingerprint density at radius 1 is 1.15 bits per heavy atom. The van der Waals surface area contributed by atoms with Gasteiger partial charge in [-0.2, -0.15) is 0 Å². The molecular formula is C21H21N3O3. The first kappa shape index (κ1) is 17.1. The van der Waals surface area contributed by atoms with Crippen molar-refractivity contribution in [2.24, 2.45) is 0 Å². The number of amides is 2. The van der Waals surface area contributed by atoms with Crippen LogP contribution in [0, 0.1) is 0 Å². The molecule has 2 amide bonds. The molecule has 1 atom stereocenters. The molecule has 0 aliphatic carbocycles. The van der Waals surface area contributed by atoms with Crippen molar-refractivity contribution in [3.8, 4) is 11.1 Å². The highest BCUT2D eigenvalue weighted by Crippen LogP contribution is 2.27. The van der Waals surface area contributed by atoms with E-state index in [9.17, 15) is 9.59 Å². The number of nitrogens with one attached hydrogen (secondary N) is 2. The molecule has 3 aromatic rings. The number of aromatic amines is 1. The van der Waals surface area contributed by atoms with Crippen molar-refractivity contribution in [1.29, 1.82) is 0 Å². The zero-order chi connectivity index (χ0) is 18.8. The van der Waals surface area contributed by atoms with Gasteiger partial charge in [-0.3, -0.25) is 9.69 Å². The van der Waals surface area contributed by atoms with Crippen LogP contribution in [0.15, 0.2) is 54.7 Å². The first-order valence-corrected chi connectivity index (χ1v) is 8.99. The number of hydrogen-bond acceptors (Lipinski definition) is 3. The van der Waals surface area contributed by atoms with Crippen LogP contribution in [0.3, 0.4) is 0 Å². The number of nitrogens with zero attached hydrogens (tertiary/aromatic N) is 1. The predicted molar refractivity (Wildman–Crippen MR) is 104 cm³/mol. The number of methoxy groups -OCH3 is 1. The minimum atomic E-state index is -0.489. The van der Waals surface area contributed by atoms with Crippen LogP contribution in [-0.2, 0) is 9.53 Å². The number of likely N-dealkylation sites (tertiary alicyclic amines) is 1.